The number of benzene rings is 5. The molecule has 0 aromatic heterocycles. The van der Waals surface area contributed by atoms with Crippen LogP contribution in [-0.2, 0) is 0 Å². The van der Waals surface area contributed by atoms with E-state index < -0.39 is 0 Å². The van der Waals surface area contributed by atoms with Gasteiger partial charge in [-0.15, -0.1) is 0 Å². The summed E-state index contributed by atoms with van der Waals surface area (Å²) in [5.41, 5.74) is 2.46. The normalized spacial score (nSPS) is 11.3. The highest BCUT2D eigenvalue weighted by atomic mass is 16.5. The van der Waals surface area contributed by atoms with Crippen LogP contribution in [0.3, 0.4) is 0 Å². The predicted octanol–water partition coefficient (Wildman–Crippen LogP) is 6.82. The molecule has 0 aliphatic carbocycles. The lowest BCUT2D eigenvalue weighted by atomic mass is 9.93. The molecule has 0 spiro atoms. The summed E-state index contributed by atoms with van der Waals surface area (Å²) in [6, 6.07) is 32.2. The molecule has 5 aromatic carbocycles. The Labute approximate surface area is 152 Å². The summed E-state index contributed by atoms with van der Waals surface area (Å²) in [7, 11) is 1.76. The Morgan fingerprint density at radius 3 is 2.00 bits per heavy atom. The number of methoxy groups -OCH3 is 1. The van der Waals surface area contributed by atoms with Crippen LogP contribution in [0.1, 0.15) is 0 Å². The lowest BCUT2D eigenvalue weighted by molar-refractivity contribution is 0.424. The molecular formula is C25H18O. The molecule has 0 saturated carbocycles. The molecule has 0 fully saturated rings. The van der Waals surface area contributed by atoms with E-state index in [1.54, 1.807) is 7.11 Å². The first kappa shape index (κ1) is 15.0. The van der Waals surface area contributed by atoms with Crippen molar-refractivity contribution in [3.05, 3.63) is 91.0 Å². The smallest absolute Gasteiger partial charge is 0.134 e. The Morgan fingerprint density at radius 2 is 1.23 bits per heavy atom. The first-order valence-corrected chi connectivity index (χ1v) is 8.83. The third-order valence-electron chi connectivity index (χ3n) is 5.10. The van der Waals surface area contributed by atoms with E-state index in [-0.39, 0.29) is 0 Å². The molecule has 0 aliphatic heterocycles. The van der Waals surface area contributed by atoms with Crippen molar-refractivity contribution in [1.82, 2.24) is 0 Å². The Kier molecular flexibility index (Phi) is 3.39. The van der Waals surface area contributed by atoms with Gasteiger partial charge >= 0.3 is 0 Å². The maximum absolute atomic E-state index is 5.88. The van der Waals surface area contributed by atoms with E-state index in [9.17, 15) is 0 Å². The molecule has 0 aliphatic rings. The van der Waals surface area contributed by atoms with Crippen molar-refractivity contribution in [3.63, 3.8) is 0 Å². The standard InChI is InChI=1S/C25H18O/c1-26-25-22-13-7-12-21(17-8-3-2-4-9-17)24(22)16-20-14-18-10-5-6-11-19(18)15-23(20)25/h2-16H,1H3. The van der Waals surface area contributed by atoms with Gasteiger partial charge in [-0.2, -0.15) is 0 Å². The van der Waals surface area contributed by atoms with Crippen LogP contribution in [0.4, 0.5) is 0 Å². The van der Waals surface area contributed by atoms with E-state index in [1.807, 2.05) is 0 Å². The second kappa shape index (κ2) is 5.89. The van der Waals surface area contributed by atoms with Gasteiger partial charge in [-0.1, -0.05) is 72.8 Å². The third kappa shape index (κ3) is 2.25. The fourth-order valence-corrected chi connectivity index (χ4v) is 3.88. The summed E-state index contributed by atoms with van der Waals surface area (Å²) in [5, 5.41) is 7.21. The van der Waals surface area contributed by atoms with E-state index in [2.05, 4.69) is 91.0 Å². The molecule has 0 N–H and O–H groups in total. The zero-order valence-corrected chi connectivity index (χ0v) is 14.6. The van der Waals surface area contributed by atoms with E-state index in [1.165, 1.54) is 32.7 Å². The van der Waals surface area contributed by atoms with E-state index in [0.717, 1.165) is 16.5 Å². The summed E-state index contributed by atoms with van der Waals surface area (Å²) < 4.78 is 5.88. The summed E-state index contributed by atoms with van der Waals surface area (Å²) in [6.45, 7) is 0. The van der Waals surface area contributed by atoms with Gasteiger partial charge in [-0.3, -0.25) is 0 Å². The van der Waals surface area contributed by atoms with Gasteiger partial charge in [-0.05, 0) is 50.9 Å². The molecule has 0 radical (unpaired) electrons. The van der Waals surface area contributed by atoms with Crippen molar-refractivity contribution in [2.75, 3.05) is 7.11 Å². The van der Waals surface area contributed by atoms with Crippen LogP contribution in [0, 0.1) is 0 Å². The number of rotatable bonds is 2. The maximum Gasteiger partial charge on any atom is 0.134 e. The summed E-state index contributed by atoms with van der Waals surface area (Å²) in [4.78, 5) is 0. The summed E-state index contributed by atoms with van der Waals surface area (Å²) in [5.74, 6) is 0.945. The van der Waals surface area contributed by atoms with Crippen LogP contribution in [0.5, 0.6) is 5.75 Å². The predicted molar refractivity (Wildman–Crippen MR) is 111 cm³/mol. The number of hydrogen-bond acceptors (Lipinski definition) is 1. The molecule has 1 heteroatoms. The quantitative estimate of drug-likeness (QED) is 0.322. The van der Waals surface area contributed by atoms with Crippen molar-refractivity contribution >= 4 is 32.3 Å². The van der Waals surface area contributed by atoms with Crippen LogP contribution >= 0.6 is 0 Å². The number of fused-ring (bicyclic) bond motifs is 3. The molecule has 5 rings (SSSR count). The lowest BCUT2D eigenvalue weighted by Gasteiger charge is -2.14. The fraction of sp³-hybridized carbons (Fsp3) is 0.0400. The van der Waals surface area contributed by atoms with E-state index in [0.29, 0.717) is 0 Å². The SMILES string of the molecule is COc1c2cc3ccccc3cc2cc2c(-c3ccccc3)cccc12. The van der Waals surface area contributed by atoms with Gasteiger partial charge in [0, 0.05) is 10.8 Å². The fourth-order valence-electron chi connectivity index (χ4n) is 3.88. The van der Waals surface area contributed by atoms with E-state index in [4.69, 9.17) is 4.74 Å². The molecule has 0 atom stereocenters. The second-order valence-electron chi connectivity index (χ2n) is 6.60. The van der Waals surface area contributed by atoms with Crippen molar-refractivity contribution in [3.8, 4) is 16.9 Å². The lowest BCUT2D eigenvalue weighted by Crippen LogP contribution is -1.90. The Bertz CT molecular complexity index is 1250. The third-order valence-corrected chi connectivity index (χ3v) is 5.10. The average molecular weight is 334 g/mol. The molecule has 0 unspecified atom stereocenters. The van der Waals surface area contributed by atoms with Crippen LogP contribution < -0.4 is 4.74 Å². The van der Waals surface area contributed by atoms with Crippen LogP contribution in [0.2, 0.25) is 0 Å². The van der Waals surface area contributed by atoms with Gasteiger partial charge in [0.1, 0.15) is 5.75 Å². The molecule has 0 bridgehead atoms. The van der Waals surface area contributed by atoms with Crippen molar-refractivity contribution in [1.29, 1.82) is 0 Å². The maximum atomic E-state index is 5.88. The topological polar surface area (TPSA) is 9.23 Å². The van der Waals surface area contributed by atoms with Crippen molar-refractivity contribution in [2.45, 2.75) is 0 Å². The molecule has 0 amide bonds. The Balaban J connectivity index is 1.94. The minimum absolute atomic E-state index is 0.945. The van der Waals surface area contributed by atoms with Gasteiger partial charge in [0.05, 0.1) is 7.11 Å². The highest BCUT2D eigenvalue weighted by molar-refractivity contribution is 6.13. The van der Waals surface area contributed by atoms with Crippen LogP contribution in [0.15, 0.2) is 91.0 Å². The van der Waals surface area contributed by atoms with E-state index >= 15 is 0 Å². The number of hydrogen-bond donors (Lipinski definition) is 0. The van der Waals surface area contributed by atoms with Gasteiger partial charge in [0.2, 0.25) is 0 Å². The highest BCUT2D eigenvalue weighted by Crippen LogP contribution is 2.40. The molecule has 5 aromatic rings. The molecule has 26 heavy (non-hydrogen) atoms. The molecular weight excluding hydrogens is 316 g/mol. The summed E-state index contributed by atoms with van der Waals surface area (Å²) >= 11 is 0. The second-order valence-corrected chi connectivity index (χ2v) is 6.60. The van der Waals surface area contributed by atoms with Gasteiger partial charge in [-0.25, -0.2) is 0 Å². The highest BCUT2D eigenvalue weighted by Gasteiger charge is 2.12. The number of ether oxygens (including phenoxy) is 1. The first-order valence-electron chi connectivity index (χ1n) is 8.83. The zero-order chi connectivity index (χ0) is 17.5. The van der Waals surface area contributed by atoms with Crippen molar-refractivity contribution in [2.24, 2.45) is 0 Å². The Hall–Kier alpha value is -3.32. The molecule has 1 nitrogen and oxygen atoms in total. The zero-order valence-electron chi connectivity index (χ0n) is 14.6. The average Bonchev–Trinajstić information content (AvgIpc) is 2.70. The Morgan fingerprint density at radius 1 is 0.538 bits per heavy atom. The first-order chi connectivity index (χ1) is 12.8. The van der Waals surface area contributed by atoms with Gasteiger partial charge < -0.3 is 4.74 Å². The molecule has 0 saturated heterocycles. The largest absolute Gasteiger partial charge is 0.495 e. The molecule has 124 valence electrons. The summed E-state index contributed by atoms with van der Waals surface area (Å²) in [6.07, 6.45) is 0. The van der Waals surface area contributed by atoms with Gasteiger partial charge in [0.25, 0.3) is 0 Å². The van der Waals surface area contributed by atoms with Crippen LogP contribution in [0.25, 0.3) is 43.4 Å². The van der Waals surface area contributed by atoms with Gasteiger partial charge in [0.15, 0.2) is 0 Å². The van der Waals surface area contributed by atoms with Crippen molar-refractivity contribution < 1.29 is 4.74 Å². The minimum atomic E-state index is 0.945. The minimum Gasteiger partial charge on any atom is -0.495 e. The van der Waals surface area contributed by atoms with Crippen LogP contribution in [-0.4, -0.2) is 7.11 Å². The molecule has 0 heterocycles. The monoisotopic (exact) mass is 334 g/mol.